The quantitative estimate of drug-likeness (QED) is 0.613. The number of benzene rings is 1. The Balaban J connectivity index is 2.83. The molecule has 1 atom stereocenters. The summed E-state index contributed by atoms with van der Waals surface area (Å²) in [4.78, 5) is 12.0. The van der Waals surface area contributed by atoms with Gasteiger partial charge in [0.25, 0.3) is 5.91 Å². The Morgan fingerprint density at radius 1 is 1.48 bits per heavy atom. The topological polar surface area (TPSA) is 61.4 Å². The van der Waals surface area contributed by atoms with Gasteiger partial charge in [-0.3, -0.25) is 4.79 Å². The van der Waals surface area contributed by atoms with Crippen LogP contribution in [0.5, 0.6) is 0 Å². The highest BCUT2D eigenvalue weighted by atomic mass is 16.3. The second-order valence-corrected chi connectivity index (χ2v) is 5.07. The van der Waals surface area contributed by atoms with Gasteiger partial charge in [-0.05, 0) is 43.9 Å². The summed E-state index contributed by atoms with van der Waals surface area (Å²) in [6, 6.07) is 6.05. The van der Waals surface area contributed by atoms with E-state index in [1.807, 2.05) is 25.1 Å². The van der Waals surface area contributed by atoms with Crippen molar-refractivity contribution in [2.24, 2.45) is 0 Å². The fourth-order valence-electron chi connectivity index (χ4n) is 2.22. The number of carbonyl (C=O) groups is 1. The highest BCUT2D eigenvalue weighted by Gasteiger charge is 2.13. The van der Waals surface area contributed by atoms with Crippen molar-refractivity contribution in [2.45, 2.75) is 39.2 Å². The van der Waals surface area contributed by atoms with Gasteiger partial charge in [0.2, 0.25) is 0 Å². The maximum absolute atomic E-state index is 12.0. The minimum atomic E-state index is -0.149. The Labute approximate surface area is 127 Å². The fraction of sp³-hybridized carbons (Fsp3) is 0.471. The van der Waals surface area contributed by atoms with Gasteiger partial charge in [0.15, 0.2) is 0 Å². The first-order valence-electron chi connectivity index (χ1n) is 7.50. The number of aliphatic hydroxyl groups excluding tert-OH is 1. The zero-order valence-corrected chi connectivity index (χ0v) is 13.0. The van der Waals surface area contributed by atoms with Gasteiger partial charge in [-0.2, -0.15) is 0 Å². The lowest BCUT2D eigenvalue weighted by molar-refractivity contribution is 0.0944. The van der Waals surface area contributed by atoms with E-state index in [1.54, 1.807) is 6.07 Å². The van der Waals surface area contributed by atoms with Gasteiger partial charge in [-0.25, -0.2) is 0 Å². The Bertz CT molecular complexity index is 472. The van der Waals surface area contributed by atoms with Crippen molar-refractivity contribution in [3.63, 3.8) is 0 Å². The van der Waals surface area contributed by atoms with E-state index in [0.717, 1.165) is 30.5 Å². The molecular weight excluding hydrogens is 264 g/mol. The van der Waals surface area contributed by atoms with E-state index in [2.05, 4.69) is 24.1 Å². The van der Waals surface area contributed by atoms with E-state index in [9.17, 15) is 4.79 Å². The molecule has 1 amide bonds. The molecule has 4 heteroatoms. The number of hydrogen-bond donors (Lipinski definition) is 3. The predicted molar refractivity (Wildman–Crippen MR) is 87.7 cm³/mol. The number of aliphatic hydroxyl groups is 1. The van der Waals surface area contributed by atoms with Gasteiger partial charge in [0.1, 0.15) is 0 Å². The molecule has 0 aromatic heterocycles. The first kappa shape index (κ1) is 17.2. The average Bonchev–Trinajstić information content (AvgIpc) is 2.50. The molecule has 1 rings (SSSR count). The Kier molecular flexibility index (Phi) is 7.54. The standard InChI is InChI=1S/C17H26N2O2/c1-4-6-8-14(5-2)19-16-10-7-9-15(13(16)3)17(21)18-11-12-20/h4,7,9-10,14,19-20H,1,5-6,8,11-12H2,2-3H3,(H,18,21). The summed E-state index contributed by atoms with van der Waals surface area (Å²) in [7, 11) is 0. The first-order chi connectivity index (χ1) is 10.1. The second-order valence-electron chi connectivity index (χ2n) is 5.07. The second kappa shape index (κ2) is 9.19. The molecule has 0 saturated carbocycles. The Morgan fingerprint density at radius 2 is 2.24 bits per heavy atom. The van der Waals surface area contributed by atoms with Crippen molar-refractivity contribution in [3.8, 4) is 0 Å². The van der Waals surface area contributed by atoms with Gasteiger partial charge < -0.3 is 15.7 Å². The zero-order chi connectivity index (χ0) is 15.7. The van der Waals surface area contributed by atoms with Crippen LogP contribution in [-0.4, -0.2) is 30.2 Å². The maximum Gasteiger partial charge on any atom is 0.251 e. The number of allylic oxidation sites excluding steroid dienone is 1. The Morgan fingerprint density at radius 3 is 2.86 bits per heavy atom. The van der Waals surface area contributed by atoms with Gasteiger partial charge in [-0.1, -0.05) is 19.1 Å². The lowest BCUT2D eigenvalue weighted by Crippen LogP contribution is -2.27. The fourth-order valence-corrected chi connectivity index (χ4v) is 2.22. The van der Waals surface area contributed by atoms with E-state index < -0.39 is 0 Å². The van der Waals surface area contributed by atoms with Crippen molar-refractivity contribution in [2.75, 3.05) is 18.5 Å². The summed E-state index contributed by atoms with van der Waals surface area (Å²) in [5.41, 5.74) is 2.57. The summed E-state index contributed by atoms with van der Waals surface area (Å²) in [5.74, 6) is -0.149. The maximum atomic E-state index is 12.0. The monoisotopic (exact) mass is 290 g/mol. The summed E-state index contributed by atoms with van der Waals surface area (Å²) in [6.07, 6.45) is 4.95. The number of anilines is 1. The van der Waals surface area contributed by atoms with Crippen molar-refractivity contribution in [1.29, 1.82) is 0 Å². The molecule has 0 fully saturated rings. The van der Waals surface area contributed by atoms with E-state index in [-0.39, 0.29) is 19.1 Å². The Hall–Kier alpha value is -1.81. The van der Waals surface area contributed by atoms with Crippen LogP contribution >= 0.6 is 0 Å². The number of carbonyl (C=O) groups excluding carboxylic acids is 1. The number of rotatable bonds is 9. The summed E-state index contributed by atoms with van der Waals surface area (Å²) < 4.78 is 0. The molecule has 21 heavy (non-hydrogen) atoms. The molecule has 0 saturated heterocycles. The van der Waals surface area contributed by atoms with Crippen molar-refractivity contribution in [3.05, 3.63) is 42.0 Å². The van der Waals surface area contributed by atoms with Crippen LogP contribution in [-0.2, 0) is 0 Å². The smallest absolute Gasteiger partial charge is 0.251 e. The molecule has 1 aromatic rings. The van der Waals surface area contributed by atoms with Crippen molar-refractivity contribution in [1.82, 2.24) is 5.32 Å². The highest BCUT2D eigenvalue weighted by molar-refractivity contribution is 5.97. The molecule has 0 aliphatic heterocycles. The van der Waals surface area contributed by atoms with Crippen LogP contribution in [0.4, 0.5) is 5.69 Å². The minimum Gasteiger partial charge on any atom is -0.395 e. The number of nitrogens with one attached hydrogen (secondary N) is 2. The average molecular weight is 290 g/mol. The number of amides is 1. The third-order valence-corrected chi connectivity index (χ3v) is 3.55. The van der Waals surface area contributed by atoms with Crippen LogP contribution in [0.2, 0.25) is 0 Å². The lowest BCUT2D eigenvalue weighted by atomic mass is 10.0. The van der Waals surface area contributed by atoms with E-state index >= 15 is 0 Å². The van der Waals surface area contributed by atoms with E-state index in [1.165, 1.54) is 0 Å². The summed E-state index contributed by atoms with van der Waals surface area (Å²) >= 11 is 0. The lowest BCUT2D eigenvalue weighted by Gasteiger charge is -2.20. The largest absolute Gasteiger partial charge is 0.395 e. The number of hydrogen-bond acceptors (Lipinski definition) is 3. The molecule has 0 spiro atoms. The molecular formula is C17H26N2O2. The molecule has 0 heterocycles. The predicted octanol–water partition coefficient (Wildman–Crippen LogP) is 2.87. The summed E-state index contributed by atoms with van der Waals surface area (Å²) in [6.45, 7) is 8.06. The van der Waals surface area contributed by atoms with Crippen LogP contribution in [0.15, 0.2) is 30.9 Å². The van der Waals surface area contributed by atoms with Crippen LogP contribution in [0.25, 0.3) is 0 Å². The molecule has 1 aromatic carbocycles. The van der Waals surface area contributed by atoms with Crippen molar-refractivity contribution < 1.29 is 9.90 Å². The molecule has 0 bridgehead atoms. The van der Waals surface area contributed by atoms with Crippen LogP contribution in [0, 0.1) is 6.92 Å². The molecule has 0 aliphatic rings. The SMILES string of the molecule is C=CCCC(CC)Nc1cccc(C(=O)NCCO)c1C. The van der Waals surface area contributed by atoms with Gasteiger partial charge in [0.05, 0.1) is 6.61 Å². The van der Waals surface area contributed by atoms with Crippen LogP contribution < -0.4 is 10.6 Å². The molecule has 4 nitrogen and oxygen atoms in total. The molecule has 116 valence electrons. The van der Waals surface area contributed by atoms with Crippen molar-refractivity contribution >= 4 is 11.6 Å². The van der Waals surface area contributed by atoms with Crippen LogP contribution in [0.1, 0.15) is 42.1 Å². The van der Waals surface area contributed by atoms with Crippen LogP contribution in [0.3, 0.4) is 0 Å². The van der Waals surface area contributed by atoms with Gasteiger partial charge in [-0.15, -0.1) is 6.58 Å². The third-order valence-electron chi connectivity index (χ3n) is 3.55. The molecule has 0 radical (unpaired) electrons. The highest BCUT2D eigenvalue weighted by Crippen LogP contribution is 2.21. The summed E-state index contributed by atoms with van der Waals surface area (Å²) in [5, 5.41) is 15.0. The normalized spacial score (nSPS) is 11.8. The minimum absolute atomic E-state index is 0.0534. The first-order valence-corrected chi connectivity index (χ1v) is 7.50. The van der Waals surface area contributed by atoms with Gasteiger partial charge in [0, 0.05) is 23.8 Å². The van der Waals surface area contributed by atoms with Gasteiger partial charge >= 0.3 is 0 Å². The molecule has 3 N–H and O–H groups in total. The molecule has 1 unspecified atom stereocenters. The van der Waals surface area contributed by atoms with E-state index in [0.29, 0.717) is 11.6 Å². The zero-order valence-electron chi connectivity index (χ0n) is 13.0. The third kappa shape index (κ3) is 5.23. The molecule has 0 aliphatic carbocycles. The van der Waals surface area contributed by atoms with E-state index in [4.69, 9.17) is 5.11 Å².